The third kappa shape index (κ3) is 4.48. The summed E-state index contributed by atoms with van der Waals surface area (Å²) in [7, 11) is 0. The number of morpholine rings is 1. The van der Waals surface area contributed by atoms with Gasteiger partial charge in [0.25, 0.3) is 0 Å². The van der Waals surface area contributed by atoms with Crippen molar-refractivity contribution in [3.05, 3.63) is 46.9 Å². The smallest absolute Gasteiger partial charge is 0.227 e. The minimum atomic E-state index is -0.245. The van der Waals surface area contributed by atoms with Crippen LogP contribution in [0.2, 0.25) is 5.02 Å². The molecule has 0 saturated carbocycles. The Bertz CT molecular complexity index is 766. The second-order valence-corrected chi connectivity index (χ2v) is 7.31. The quantitative estimate of drug-likeness (QED) is 0.845. The molecule has 1 N–H and O–H groups in total. The van der Waals surface area contributed by atoms with Crippen molar-refractivity contribution in [1.29, 1.82) is 0 Å². The Hall–Kier alpha value is -1.96. The van der Waals surface area contributed by atoms with Crippen LogP contribution >= 0.6 is 11.6 Å². The van der Waals surface area contributed by atoms with Gasteiger partial charge in [0, 0.05) is 55.5 Å². The largest absolute Gasteiger partial charge is 0.378 e. The van der Waals surface area contributed by atoms with E-state index in [1.54, 1.807) is 18.3 Å². The van der Waals surface area contributed by atoms with E-state index in [4.69, 9.17) is 16.3 Å². The molecule has 0 spiro atoms. The Morgan fingerprint density at radius 3 is 2.89 bits per heavy atom. The van der Waals surface area contributed by atoms with Crippen LogP contribution in [0.15, 0.2) is 30.5 Å². The zero-order chi connectivity index (χ0) is 18.6. The number of hydrogen-bond donors (Lipinski definition) is 1. The highest BCUT2D eigenvalue weighted by molar-refractivity contribution is 6.31. The standard InChI is InChI=1S/C19H23ClFN5O/c20-16-2-1-3-17(21)15(16)13-25-7-5-14(12-25)23-18-4-6-22-19(24-18)26-8-10-27-11-9-26/h1-4,6,14H,5,7-13H2,(H,22,23,24). The van der Waals surface area contributed by atoms with Gasteiger partial charge in [-0.25, -0.2) is 9.37 Å². The summed E-state index contributed by atoms with van der Waals surface area (Å²) in [5, 5.41) is 3.97. The lowest BCUT2D eigenvalue weighted by Crippen LogP contribution is -2.37. The molecule has 0 aliphatic carbocycles. The average Bonchev–Trinajstić information content (AvgIpc) is 3.13. The lowest BCUT2D eigenvalue weighted by molar-refractivity contribution is 0.122. The average molecular weight is 392 g/mol. The van der Waals surface area contributed by atoms with Crippen molar-refractivity contribution in [2.45, 2.75) is 19.0 Å². The van der Waals surface area contributed by atoms with Gasteiger partial charge in [-0.2, -0.15) is 4.98 Å². The van der Waals surface area contributed by atoms with Gasteiger partial charge >= 0.3 is 0 Å². The van der Waals surface area contributed by atoms with Crippen LogP contribution < -0.4 is 10.2 Å². The Balaban J connectivity index is 1.36. The molecular weight excluding hydrogens is 369 g/mol. The lowest BCUT2D eigenvalue weighted by Gasteiger charge is -2.27. The van der Waals surface area contributed by atoms with E-state index < -0.39 is 0 Å². The molecule has 2 aliphatic heterocycles. The summed E-state index contributed by atoms with van der Waals surface area (Å²) < 4.78 is 19.4. The third-order valence-electron chi connectivity index (χ3n) is 5.00. The first-order valence-corrected chi connectivity index (χ1v) is 9.64. The van der Waals surface area contributed by atoms with Gasteiger partial charge in [0.2, 0.25) is 5.95 Å². The van der Waals surface area contributed by atoms with E-state index in [1.165, 1.54) is 6.07 Å². The number of nitrogens with one attached hydrogen (secondary N) is 1. The molecule has 2 aliphatic rings. The zero-order valence-corrected chi connectivity index (χ0v) is 15.8. The topological polar surface area (TPSA) is 53.5 Å². The molecule has 0 amide bonds. The zero-order valence-electron chi connectivity index (χ0n) is 15.1. The molecule has 1 aromatic carbocycles. The van der Waals surface area contributed by atoms with Crippen molar-refractivity contribution in [1.82, 2.24) is 14.9 Å². The van der Waals surface area contributed by atoms with E-state index in [-0.39, 0.29) is 11.9 Å². The maximum atomic E-state index is 14.0. The van der Waals surface area contributed by atoms with Crippen LogP contribution in [0, 0.1) is 5.82 Å². The first-order valence-electron chi connectivity index (χ1n) is 9.26. The molecule has 2 fully saturated rings. The van der Waals surface area contributed by atoms with Gasteiger partial charge in [0.1, 0.15) is 11.6 Å². The summed E-state index contributed by atoms with van der Waals surface area (Å²) in [5.74, 6) is 1.31. The van der Waals surface area contributed by atoms with Crippen molar-refractivity contribution in [2.24, 2.45) is 0 Å². The van der Waals surface area contributed by atoms with E-state index in [2.05, 4.69) is 25.1 Å². The predicted octanol–water partition coefficient (Wildman–Crippen LogP) is 2.79. The number of aromatic nitrogens is 2. The molecule has 4 rings (SSSR count). The summed E-state index contributed by atoms with van der Waals surface area (Å²) in [5.41, 5.74) is 0.566. The predicted molar refractivity (Wildman–Crippen MR) is 104 cm³/mol. The first kappa shape index (κ1) is 18.4. The van der Waals surface area contributed by atoms with Crippen LogP contribution in [-0.4, -0.2) is 60.3 Å². The van der Waals surface area contributed by atoms with Crippen molar-refractivity contribution in [3.63, 3.8) is 0 Å². The van der Waals surface area contributed by atoms with Gasteiger partial charge in [-0.15, -0.1) is 0 Å². The summed E-state index contributed by atoms with van der Waals surface area (Å²) in [6.07, 6.45) is 2.76. The van der Waals surface area contributed by atoms with Gasteiger partial charge in [-0.05, 0) is 24.6 Å². The van der Waals surface area contributed by atoms with Crippen LogP contribution in [-0.2, 0) is 11.3 Å². The number of ether oxygens (including phenoxy) is 1. The fraction of sp³-hybridized carbons (Fsp3) is 0.474. The molecule has 2 aromatic rings. The number of nitrogens with zero attached hydrogens (tertiary/aromatic N) is 4. The molecule has 27 heavy (non-hydrogen) atoms. The van der Waals surface area contributed by atoms with Crippen LogP contribution in [0.5, 0.6) is 0 Å². The number of halogens is 2. The van der Waals surface area contributed by atoms with Gasteiger partial charge in [0.05, 0.1) is 13.2 Å². The van der Waals surface area contributed by atoms with E-state index >= 15 is 0 Å². The Morgan fingerprint density at radius 2 is 2.07 bits per heavy atom. The molecule has 2 saturated heterocycles. The van der Waals surface area contributed by atoms with Gasteiger partial charge < -0.3 is 15.0 Å². The van der Waals surface area contributed by atoms with Crippen LogP contribution in [0.1, 0.15) is 12.0 Å². The van der Waals surface area contributed by atoms with Gasteiger partial charge in [-0.3, -0.25) is 4.90 Å². The lowest BCUT2D eigenvalue weighted by atomic mass is 10.2. The van der Waals surface area contributed by atoms with E-state index in [0.29, 0.717) is 30.3 Å². The fourth-order valence-corrected chi connectivity index (χ4v) is 3.78. The minimum absolute atomic E-state index is 0.245. The Morgan fingerprint density at radius 1 is 1.22 bits per heavy atom. The molecule has 8 heteroatoms. The summed E-state index contributed by atoms with van der Waals surface area (Å²) in [6.45, 7) is 5.26. The number of benzene rings is 1. The van der Waals surface area contributed by atoms with E-state index in [0.717, 1.165) is 44.4 Å². The number of anilines is 2. The summed E-state index contributed by atoms with van der Waals surface area (Å²) in [4.78, 5) is 13.4. The first-order chi connectivity index (χ1) is 13.2. The molecule has 1 atom stereocenters. The summed E-state index contributed by atoms with van der Waals surface area (Å²) in [6, 6.07) is 6.99. The highest BCUT2D eigenvalue weighted by Crippen LogP contribution is 2.24. The molecule has 0 bridgehead atoms. The Labute approximate surface area is 163 Å². The Kier molecular flexibility index (Phi) is 5.71. The maximum absolute atomic E-state index is 14.0. The second kappa shape index (κ2) is 8.37. The normalized spacial score (nSPS) is 20.8. The monoisotopic (exact) mass is 391 g/mol. The van der Waals surface area contributed by atoms with Crippen molar-refractivity contribution >= 4 is 23.4 Å². The number of rotatable bonds is 5. The van der Waals surface area contributed by atoms with Crippen LogP contribution in [0.4, 0.5) is 16.2 Å². The highest BCUT2D eigenvalue weighted by Gasteiger charge is 2.24. The third-order valence-corrected chi connectivity index (χ3v) is 5.36. The molecule has 0 radical (unpaired) electrons. The number of hydrogen-bond acceptors (Lipinski definition) is 6. The van der Waals surface area contributed by atoms with Crippen LogP contribution in [0.25, 0.3) is 0 Å². The SMILES string of the molecule is Fc1cccc(Cl)c1CN1CCC(Nc2ccnc(N3CCOCC3)n2)C1. The van der Waals surface area contributed by atoms with Gasteiger partial charge in [0.15, 0.2) is 0 Å². The maximum Gasteiger partial charge on any atom is 0.227 e. The summed E-state index contributed by atoms with van der Waals surface area (Å²) >= 11 is 6.15. The molecular formula is C19H23ClFN5O. The van der Waals surface area contributed by atoms with Crippen molar-refractivity contribution in [2.75, 3.05) is 49.6 Å². The van der Waals surface area contributed by atoms with Crippen molar-refractivity contribution < 1.29 is 9.13 Å². The molecule has 6 nitrogen and oxygen atoms in total. The van der Waals surface area contributed by atoms with Crippen molar-refractivity contribution in [3.8, 4) is 0 Å². The number of likely N-dealkylation sites (tertiary alicyclic amines) is 1. The van der Waals surface area contributed by atoms with Crippen LogP contribution in [0.3, 0.4) is 0 Å². The van der Waals surface area contributed by atoms with Gasteiger partial charge in [-0.1, -0.05) is 17.7 Å². The molecule has 144 valence electrons. The minimum Gasteiger partial charge on any atom is -0.378 e. The highest BCUT2D eigenvalue weighted by atomic mass is 35.5. The van der Waals surface area contributed by atoms with E-state index in [1.807, 2.05) is 6.07 Å². The fourth-order valence-electron chi connectivity index (χ4n) is 3.55. The molecule has 1 unspecified atom stereocenters. The molecule has 3 heterocycles. The van der Waals surface area contributed by atoms with E-state index in [9.17, 15) is 4.39 Å². The second-order valence-electron chi connectivity index (χ2n) is 6.91. The molecule has 1 aromatic heterocycles.